The number of piperidine rings is 1. The number of likely N-dealkylation sites (tertiary alicyclic amines) is 1. The van der Waals surface area contributed by atoms with Gasteiger partial charge in [-0.05, 0) is 55.8 Å². The van der Waals surface area contributed by atoms with E-state index in [-0.39, 0.29) is 0 Å². The van der Waals surface area contributed by atoms with E-state index in [4.69, 9.17) is 10.5 Å². The number of rotatable bonds is 3. The van der Waals surface area contributed by atoms with Crippen molar-refractivity contribution in [2.24, 2.45) is 5.92 Å². The number of hydrogen-bond acceptors (Lipinski definition) is 3. The number of fused-ring (bicyclic) bond motifs is 1. The van der Waals surface area contributed by atoms with Crippen molar-refractivity contribution in [3.05, 3.63) is 23.8 Å². The lowest BCUT2D eigenvalue weighted by Gasteiger charge is -2.44. The Morgan fingerprint density at radius 1 is 1.15 bits per heavy atom. The molecule has 3 rings (SSSR count). The van der Waals surface area contributed by atoms with Gasteiger partial charge in [0.15, 0.2) is 0 Å². The number of benzene rings is 1. The summed E-state index contributed by atoms with van der Waals surface area (Å²) >= 11 is 0. The van der Waals surface area contributed by atoms with E-state index in [9.17, 15) is 0 Å². The molecule has 2 aliphatic rings. The molecule has 0 aromatic heterocycles. The van der Waals surface area contributed by atoms with Gasteiger partial charge in [-0.2, -0.15) is 0 Å². The minimum Gasteiger partial charge on any atom is -0.497 e. The number of hydrogen-bond donors (Lipinski definition) is 1. The second-order valence-electron chi connectivity index (χ2n) is 6.34. The van der Waals surface area contributed by atoms with Crippen molar-refractivity contribution in [2.75, 3.05) is 19.4 Å². The van der Waals surface area contributed by atoms with E-state index in [2.05, 4.69) is 17.0 Å². The first kappa shape index (κ1) is 13.7. The lowest BCUT2D eigenvalue weighted by atomic mass is 9.78. The first-order valence-electron chi connectivity index (χ1n) is 7.94. The standard InChI is InChI=1S/C17H26N2O/c1-20-16-10-13(9-15(18)11-16)12-19-8-4-6-14-5-2-3-7-17(14)19/h9-11,14,17H,2-8,12,18H2,1H3. The molecule has 1 aliphatic carbocycles. The number of methoxy groups -OCH3 is 1. The molecule has 3 heteroatoms. The third kappa shape index (κ3) is 2.93. The molecule has 1 aromatic carbocycles. The number of nitrogens with zero attached hydrogens (tertiary/aromatic N) is 1. The maximum absolute atomic E-state index is 5.97. The molecule has 1 saturated heterocycles. The van der Waals surface area contributed by atoms with Gasteiger partial charge in [0, 0.05) is 24.3 Å². The molecular weight excluding hydrogens is 248 g/mol. The van der Waals surface area contributed by atoms with Crippen LogP contribution in [-0.4, -0.2) is 24.6 Å². The van der Waals surface area contributed by atoms with E-state index in [1.54, 1.807) is 7.11 Å². The van der Waals surface area contributed by atoms with E-state index >= 15 is 0 Å². The molecule has 0 amide bonds. The predicted molar refractivity (Wildman–Crippen MR) is 82.8 cm³/mol. The second kappa shape index (κ2) is 6.04. The monoisotopic (exact) mass is 274 g/mol. The normalized spacial score (nSPS) is 27.1. The maximum atomic E-state index is 5.97. The SMILES string of the molecule is COc1cc(N)cc(CN2CCCC3CCCCC32)c1. The summed E-state index contributed by atoms with van der Waals surface area (Å²) in [6, 6.07) is 6.91. The van der Waals surface area contributed by atoms with Gasteiger partial charge in [0.2, 0.25) is 0 Å². The summed E-state index contributed by atoms with van der Waals surface area (Å²) in [6.45, 7) is 2.25. The van der Waals surface area contributed by atoms with Crippen LogP contribution in [0.1, 0.15) is 44.1 Å². The fraction of sp³-hybridized carbons (Fsp3) is 0.647. The third-order valence-electron chi connectivity index (χ3n) is 4.97. The fourth-order valence-electron chi connectivity index (χ4n) is 4.05. The van der Waals surface area contributed by atoms with Crippen LogP contribution in [0.2, 0.25) is 0 Å². The Morgan fingerprint density at radius 2 is 1.95 bits per heavy atom. The predicted octanol–water partition coefficient (Wildman–Crippen LogP) is 3.43. The van der Waals surface area contributed by atoms with E-state index in [1.807, 2.05) is 6.07 Å². The topological polar surface area (TPSA) is 38.5 Å². The van der Waals surface area contributed by atoms with Gasteiger partial charge in [0.1, 0.15) is 5.75 Å². The van der Waals surface area contributed by atoms with Gasteiger partial charge in [-0.15, -0.1) is 0 Å². The molecule has 110 valence electrons. The smallest absolute Gasteiger partial charge is 0.121 e. The van der Waals surface area contributed by atoms with Gasteiger partial charge in [0.25, 0.3) is 0 Å². The summed E-state index contributed by atoms with van der Waals surface area (Å²) in [5.41, 5.74) is 8.06. The summed E-state index contributed by atoms with van der Waals surface area (Å²) in [4.78, 5) is 2.68. The minimum atomic E-state index is 0.796. The Hall–Kier alpha value is -1.22. The first-order chi connectivity index (χ1) is 9.76. The van der Waals surface area contributed by atoms with Crippen LogP contribution in [-0.2, 0) is 6.54 Å². The molecule has 1 saturated carbocycles. The van der Waals surface area contributed by atoms with Crippen LogP contribution in [0.3, 0.4) is 0 Å². The molecule has 20 heavy (non-hydrogen) atoms. The van der Waals surface area contributed by atoms with Crippen LogP contribution in [0.4, 0.5) is 5.69 Å². The zero-order valence-electron chi connectivity index (χ0n) is 12.5. The molecule has 0 bridgehead atoms. The second-order valence-corrected chi connectivity index (χ2v) is 6.34. The van der Waals surface area contributed by atoms with Gasteiger partial charge >= 0.3 is 0 Å². The summed E-state index contributed by atoms with van der Waals surface area (Å²) in [5.74, 6) is 1.80. The molecule has 0 radical (unpaired) electrons. The quantitative estimate of drug-likeness (QED) is 0.858. The summed E-state index contributed by atoms with van der Waals surface area (Å²) < 4.78 is 5.33. The molecule has 2 N–H and O–H groups in total. The van der Waals surface area contributed by atoms with E-state index < -0.39 is 0 Å². The number of nitrogen functional groups attached to an aromatic ring is 1. The number of anilines is 1. The third-order valence-corrected chi connectivity index (χ3v) is 4.97. The molecule has 0 spiro atoms. The van der Waals surface area contributed by atoms with Crippen molar-refractivity contribution in [1.29, 1.82) is 0 Å². The molecule has 3 nitrogen and oxygen atoms in total. The Balaban J connectivity index is 1.74. The zero-order valence-corrected chi connectivity index (χ0v) is 12.5. The van der Waals surface area contributed by atoms with E-state index in [0.717, 1.165) is 29.9 Å². The van der Waals surface area contributed by atoms with Gasteiger partial charge in [0.05, 0.1) is 7.11 Å². The molecule has 2 unspecified atom stereocenters. The van der Waals surface area contributed by atoms with Crippen molar-refractivity contribution < 1.29 is 4.74 Å². The lowest BCUT2D eigenvalue weighted by molar-refractivity contribution is 0.0547. The van der Waals surface area contributed by atoms with Crippen molar-refractivity contribution in [3.63, 3.8) is 0 Å². The summed E-state index contributed by atoms with van der Waals surface area (Å²) in [5, 5.41) is 0. The Bertz CT molecular complexity index is 458. The first-order valence-corrected chi connectivity index (χ1v) is 7.94. The van der Waals surface area contributed by atoms with Crippen molar-refractivity contribution in [3.8, 4) is 5.75 Å². The van der Waals surface area contributed by atoms with Crippen LogP contribution in [0.5, 0.6) is 5.75 Å². The van der Waals surface area contributed by atoms with Crippen LogP contribution < -0.4 is 10.5 Å². The lowest BCUT2D eigenvalue weighted by Crippen LogP contribution is -2.46. The van der Waals surface area contributed by atoms with Gasteiger partial charge in [-0.25, -0.2) is 0 Å². The van der Waals surface area contributed by atoms with Crippen molar-refractivity contribution >= 4 is 5.69 Å². The average Bonchev–Trinajstić information content (AvgIpc) is 2.47. The fourth-order valence-corrected chi connectivity index (χ4v) is 4.05. The van der Waals surface area contributed by atoms with Gasteiger partial charge in [-0.1, -0.05) is 12.8 Å². The number of nitrogens with two attached hydrogens (primary N) is 1. The largest absolute Gasteiger partial charge is 0.497 e. The molecule has 2 fully saturated rings. The zero-order chi connectivity index (χ0) is 13.9. The van der Waals surface area contributed by atoms with Gasteiger partial charge < -0.3 is 10.5 Å². The Morgan fingerprint density at radius 3 is 2.80 bits per heavy atom. The highest BCUT2D eigenvalue weighted by Gasteiger charge is 2.32. The molecule has 1 heterocycles. The van der Waals surface area contributed by atoms with E-state index in [1.165, 1.54) is 50.6 Å². The van der Waals surface area contributed by atoms with Crippen molar-refractivity contribution in [1.82, 2.24) is 4.90 Å². The summed E-state index contributed by atoms with van der Waals surface area (Å²) in [7, 11) is 1.70. The van der Waals surface area contributed by atoms with E-state index in [0.29, 0.717) is 0 Å². The van der Waals surface area contributed by atoms with Crippen LogP contribution >= 0.6 is 0 Å². The molecular formula is C17H26N2O. The molecule has 1 aliphatic heterocycles. The van der Waals surface area contributed by atoms with Gasteiger partial charge in [-0.3, -0.25) is 4.90 Å². The summed E-state index contributed by atoms with van der Waals surface area (Å²) in [6.07, 6.45) is 8.42. The van der Waals surface area contributed by atoms with Crippen LogP contribution in [0.15, 0.2) is 18.2 Å². The van der Waals surface area contributed by atoms with Crippen LogP contribution in [0.25, 0.3) is 0 Å². The maximum Gasteiger partial charge on any atom is 0.121 e. The molecule has 1 aromatic rings. The Kier molecular flexibility index (Phi) is 4.16. The number of ether oxygens (including phenoxy) is 1. The van der Waals surface area contributed by atoms with Crippen LogP contribution in [0, 0.1) is 5.92 Å². The highest BCUT2D eigenvalue weighted by Crippen LogP contribution is 2.36. The highest BCUT2D eigenvalue weighted by atomic mass is 16.5. The van der Waals surface area contributed by atoms with Crippen molar-refractivity contribution in [2.45, 2.75) is 51.1 Å². The Labute approximate surface area is 122 Å². The highest BCUT2D eigenvalue weighted by molar-refractivity contribution is 5.47. The minimum absolute atomic E-state index is 0.796. The molecule has 2 atom stereocenters. The average molecular weight is 274 g/mol.